The fourth-order valence-corrected chi connectivity index (χ4v) is 4.01. The summed E-state index contributed by atoms with van der Waals surface area (Å²) in [5.41, 5.74) is 0. The lowest BCUT2D eigenvalue weighted by Crippen LogP contribution is -2.40. The largest absolute Gasteiger partial charge is 0.394 e. The Morgan fingerprint density at radius 1 is 1.25 bits per heavy atom. The molecule has 1 fully saturated rings. The average Bonchev–Trinajstić information content (AvgIpc) is 2.72. The van der Waals surface area contributed by atoms with Gasteiger partial charge in [0.05, 0.1) is 0 Å². The van der Waals surface area contributed by atoms with Crippen molar-refractivity contribution in [2.24, 2.45) is 5.92 Å². The van der Waals surface area contributed by atoms with E-state index in [1.807, 2.05) is 13.8 Å². The van der Waals surface area contributed by atoms with Crippen LogP contribution in [-0.4, -0.2) is 21.8 Å². The highest BCUT2D eigenvalue weighted by Gasteiger charge is 2.38. The Bertz CT molecular complexity index is 128. The van der Waals surface area contributed by atoms with Crippen LogP contribution in [0.5, 0.6) is 0 Å². The summed E-state index contributed by atoms with van der Waals surface area (Å²) >= 11 is 0. The third-order valence-corrected chi connectivity index (χ3v) is 4.82. The molecular weight excluding hydrogens is 168 g/mol. The van der Waals surface area contributed by atoms with E-state index in [1.165, 1.54) is 12.8 Å². The van der Waals surface area contributed by atoms with E-state index >= 15 is 0 Å². The predicted molar refractivity (Wildman–Crippen MR) is 51.9 cm³/mol. The molecule has 1 rings (SSSR count). The molecule has 1 aliphatic carbocycles. The Labute approximate surface area is 76.5 Å². The fraction of sp³-hybridized carbons (Fsp3) is 0.889. The zero-order valence-electron chi connectivity index (χ0n) is 8.30. The predicted octanol–water partition coefficient (Wildman–Crippen LogP) is 2.28. The fourth-order valence-electron chi connectivity index (χ4n) is 1.40. The highest BCUT2D eigenvalue weighted by Crippen LogP contribution is 2.35. The molecule has 0 aromatic rings. The molecule has 12 heavy (non-hydrogen) atoms. The molecule has 1 saturated carbocycles. The maximum Gasteiger partial charge on any atom is 0.338 e. The van der Waals surface area contributed by atoms with E-state index in [0.29, 0.717) is 0 Å². The topological polar surface area (TPSA) is 18.5 Å². The van der Waals surface area contributed by atoms with Crippen LogP contribution in [0, 0.1) is 12.0 Å². The van der Waals surface area contributed by atoms with Crippen molar-refractivity contribution in [3.05, 3.63) is 6.04 Å². The van der Waals surface area contributed by atoms with Gasteiger partial charge < -0.3 is 8.85 Å². The molecule has 1 aliphatic rings. The van der Waals surface area contributed by atoms with Crippen LogP contribution in [0.2, 0.25) is 6.55 Å². The van der Waals surface area contributed by atoms with Gasteiger partial charge in [-0.05, 0) is 26.3 Å². The quantitative estimate of drug-likeness (QED) is 0.594. The van der Waals surface area contributed by atoms with Gasteiger partial charge in [0.1, 0.15) is 0 Å². The van der Waals surface area contributed by atoms with E-state index in [0.717, 1.165) is 19.1 Å². The Morgan fingerprint density at radius 2 is 1.75 bits per heavy atom. The third kappa shape index (κ3) is 3.25. The van der Waals surface area contributed by atoms with Gasteiger partial charge in [-0.15, -0.1) is 0 Å². The maximum absolute atomic E-state index is 5.68. The van der Waals surface area contributed by atoms with Gasteiger partial charge in [0.15, 0.2) is 0 Å². The lowest BCUT2D eigenvalue weighted by atomic mass is 10.5. The zero-order valence-corrected chi connectivity index (χ0v) is 9.30. The molecule has 0 bridgehead atoms. The lowest BCUT2D eigenvalue weighted by molar-refractivity contribution is 0.195. The minimum Gasteiger partial charge on any atom is -0.394 e. The summed E-state index contributed by atoms with van der Waals surface area (Å²) in [5, 5.41) is 0. The molecule has 0 N–H and O–H groups in total. The van der Waals surface area contributed by atoms with Crippen molar-refractivity contribution in [2.45, 2.75) is 33.2 Å². The van der Waals surface area contributed by atoms with Gasteiger partial charge in [-0.25, -0.2) is 0 Å². The molecule has 0 aliphatic heterocycles. The van der Waals surface area contributed by atoms with Crippen LogP contribution in [-0.2, 0) is 8.85 Å². The summed E-state index contributed by atoms with van der Waals surface area (Å²) in [4.78, 5) is 0. The summed E-state index contributed by atoms with van der Waals surface area (Å²) < 4.78 is 11.4. The van der Waals surface area contributed by atoms with Crippen molar-refractivity contribution in [3.63, 3.8) is 0 Å². The summed E-state index contributed by atoms with van der Waals surface area (Å²) in [7, 11) is -1.88. The van der Waals surface area contributed by atoms with Crippen LogP contribution >= 0.6 is 0 Å². The standard InChI is InChI=1S/C9H19O2Si/c1-4-10-12(3,11-5-2)8-9-6-7-9/h8-9H,4-7H2,1-3H3. The molecule has 0 amide bonds. The first-order valence-electron chi connectivity index (χ1n) is 4.84. The van der Waals surface area contributed by atoms with Gasteiger partial charge in [-0.2, -0.15) is 0 Å². The number of hydrogen-bond donors (Lipinski definition) is 0. The maximum atomic E-state index is 5.68. The van der Waals surface area contributed by atoms with E-state index in [9.17, 15) is 0 Å². The molecule has 0 spiro atoms. The van der Waals surface area contributed by atoms with Gasteiger partial charge in [0.2, 0.25) is 0 Å². The van der Waals surface area contributed by atoms with Gasteiger partial charge in [-0.1, -0.05) is 12.8 Å². The minimum atomic E-state index is -1.88. The molecule has 0 atom stereocenters. The van der Waals surface area contributed by atoms with E-state index in [4.69, 9.17) is 8.85 Å². The molecule has 0 aromatic carbocycles. The Hall–Kier alpha value is 0.137. The van der Waals surface area contributed by atoms with Gasteiger partial charge in [0.25, 0.3) is 0 Å². The molecule has 2 nitrogen and oxygen atoms in total. The van der Waals surface area contributed by atoms with Crippen LogP contribution in [0.15, 0.2) is 0 Å². The van der Waals surface area contributed by atoms with Crippen LogP contribution in [0.4, 0.5) is 0 Å². The summed E-state index contributed by atoms with van der Waals surface area (Å²) in [6.07, 6.45) is 2.67. The molecule has 0 unspecified atom stereocenters. The van der Waals surface area contributed by atoms with E-state index in [2.05, 4.69) is 12.6 Å². The van der Waals surface area contributed by atoms with Crippen LogP contribution in [0.1, 0.15) is 26.7 Å². The second-order valence-electron chi connectivity index (χ2n) is 3.39. The van der Waals surface area contributed by atoms with Gasteiger partial charge in [-0.3, -0.25) is 0 Å². The van der Waals surface area contributed by atoms with Gasteiger partial charge >= 0.3 is 8.56 Å². The Morgan fingerprint density at radius 3 is 2.08 bits per heavy atom. The first-order chi connectivity index (χ1) is 5.70. The van der Waals surface area contributed by atoms with Crippen LogP contribution in [0.3, 0.4) is 0 Å². The minimum absolute atomic E-state index is 0.770. The van der Waals surface area contributed by atoms with Crippen molar-refractivity contribution < 1.29 is 8.85 Å². The Kier molecular flexibility index (Phi) is 3.74. The molecule has 71 valence electrons. The second-order valence-corrected chi connectivity index (χ2v) is 6.33. The molecule has 0 saturated heterocycles. The number of rotatable bonds is 6. The molecule has 1 radical (unpaired) electrons. The first-order valence-corrected chi connectivity index (χ1v) is 7.23. The third-order valence-electron chi connectivity index (χ3n) is 2.02. The van der Waals surface area contributed by atoms with E-state index < -0.39 is 8.56 Å². The highest BCUT2D eigenvalue weighted by atomic mass is 28.4. The average molecular weight is 187 g/mol. The van der Waals surface area contributed by atoms with Gasteiger partial charge in [0, 0.05) is 19.3 Å². The molecule has 0 heterocycles. The second kappa shape index (κ2) is 4.39. The van der Waals surface area contributed by atoms with Crippen LogP contribution < -0.4 is 0 Å². The van der Waals surface area contributed by atoms with Crippen molar-refractivity contribution in [1.29, 1.82) is 0 Å². The normalized spacial score (nSPS) is 18.2. The first kappa shape index (κ1) is 10.2. The van der Waals surface area contributed by atoms with Crippen molar-refractivity contribution in [1.82, 2.24) is 0 Å². The molecular formula is C9H19O2Si. The van der Waals surface area contributed by atoms with Crippen molar-refractivity contribution in [3.8, 4) is 0 Å². The molecule has 0 aromatic heterocycles. The van der Waals surface area contributed by atoms with E-state index in [1.54, 1.807) is 0 Å². The Balaban J connectivity index is 2.32. The molecule has 3 heteroatoms. The number of hydrogen-bond acceptors (Lipinski definition) is 2. The zero-order chi connectivity index (χ0) is 9.03. The summed E-state index contributed by atoms with van der Waals surface area (Å²) in [6, 6.07) is 2.33. The van der Waals surface area contributed by atoms with Crippen molar-refractivity contribution in [2.75, 3.05) is 13.2 Å². The summed E-state index contributed by atoms with van der Waals surface area (Å²) in [6.45, 7) is 7.74. The van der Waals surface area contributed by atoms with Crippen LogP contribution in [0.25, 0.3) is 0 Å². The smallest absolute Gasteiger partial charge is 0.338 e. The SMILES string of the molecule is CCO[Si](C)([CH]C1CC1)OCC. The van der Waals surface area contributed by atoms with E-state index in [-0.39, 0.29) is 0 Å². The van der Waals surface area contributed by atoms with Crippen molar-refractivity contribution >= 4 is 8.56 Å². The summed E-state index contributed by atoms with van der Waals surface area (Å²) in [5.74, 6) is 0.791. The monoisotopic (exact) mass is 187 g/mol. The lowest BCUT2D eigenvalue weighted by Gasteiger charge is -2.25. The highest BCUT2D eigenvalue weighted by molar-refractivity contribution is 6.69.